The van der Waals surface area contributed by atoms with Crippen LogP contribution in [0.4, 0.5) is 0 Å². The van der Waals surface area contributed by atoms with Crippen molar-refractivity contribution < 1.29 is 28.6 Å². The highest BCUT2D eigenvalue weighted by Gasteiger charge is 2.19. The van der Waals surface area contributed by atoms with Gasteiger partial charge in [-0.25, -0.2) is 0 Å². The van der Waals surface area contributed by atoms with Crippen molar-refractivity contribution in [1.29, 1.82) is 0 Å². The lowest BCUT2D eigenvalue weighted by Gasteiger charge is -2.18. The first-order chi connectivity index (χ1) is 35.0. The first-order valence-electron chi connectivity index (χ1n) is 30.4. The number of allylic oxidation sites excluding steroid dienone is 12. The highest BCUT2D eigenvalue weighted by atomic mass is 16.6. The molecule has 0 aliphatic heterocycles. The molecule has 0 rings (SSSR count). The fourth-order valence-electron chi connectivity index (χ4n) is 8.67. The van der Waals surface area contributed by atoms with Crippen LogP contribution >= 0.6 is 0 Å². The summed E-state index contributed by atoms with van der Waals surface area (Å²) in [6, 6.07) is 0. The zero-order valence-corrected chi connectivity index (χ0v) is 47.0. The van der Waals surface area contributed by atoms with Gasteiger partial charge in [-0.2, -0.15) is 0 Å². The van der Waals surface area contributed by atoms with Crippen LogP contribution in [0.5, 0.6) is 0 Å². The number of hydrogen-bond donors (Lipinski definition) is 0. The van der Waals surface area contributed by atoms with Crippen LogP contribution in [0.15, 0.2) is 72.9 Å². The van der Waals surface area contributed by atoms with Gasteiger partial charge in [-0.05, 0) is 70.6 Å². The molecule has 0 saturated heterocycles. The number of carbonyl (C=O) groups excluding carboxylic acids is 3. The van der Waals surface area contributed by atoms with E-state index < -0.39 is 12.1 Å². The molecule has 0 aromatic carbocycles. The van der Waals surface area contributed by atoms with E-state index in [-0.39, 0.29) is 31.6 Å². The average Bonchev–Trinajstić information content (AvgIpc) is 3.37. The van der Waals surface area contributed by atoms with E-state index in [1.807, 2.05) is 12.2 Å². The van der Waals surface area contributed by atoms with Gasteiger partial charge >= 0.3 is 17.9 Å². The molecule has 0 saturated carbocycles. The zero-order chi connectivity index (χ0) is 51.4. The Morgan fingerprint density at radius 2 is 0.606 bits per heavy atom. The zero-order valence-electron chi connectivity index (χ0n) is 47.0. The molecule has 1 unspecified atom stereocenters. The lowest BCUT2D eigenvalue weighted by Crippen LogP contribution is -2.30. The van der Waals surface area contributed by atoms with E-state index in [1.165, 1.54) is 161 Å². The number of rotatable bonds is 55. The second-order valence-corrected chi connectivity index (χ2v) is 20.2. The molecule has 71 heavy (non-hydrogen) atoms. The van der Waals surface area contributed by atoms with Gasteiger partial charge in [-0.3, -0.25) is 14.4 Å². The predicted molar refractivity (Wildman–Crippen MR) is 307 cm³/mol. The Balaban J connectivity index is 4.22. The Morgan fingerprint density at radius 3 is 0.972 bits per heavy atom. The Kier molecular flexibility index (Phi) is 56.8. The highest BCUT2D eigenvalue weighted by molar-refractivity contribution is 5.71. The van der Waals surface area contributed by atoms with Crippen LogP contribution < -0.4 is 0 Å². The van der Waals surface area contributed by atoms with Gasteiger partial charge in [0.15, 0.2) is 6.10 Å². The third-order valence-electron chi connectivity index (χ3n) is 13.2. The van der Waals surface area contributed by atoms with E-state index in [1.54, 1.807) is 0 Å². The molecule has 0 spiro atoms. The van der Waals surface area contributed by atoms with E-state index in [0.717, 1.165) is 96.3 Å². The summed E-state index contributed by atoms with van der Waals surface area (Å²) in [6.07, 6.45) is 76.6. The molecule has 1 atom stereocenters. The maximum absolute atomic E-state index is 12.8. The lowest BCUT2D eigenvalue weighted by molar-refractivity contribution is -0.166. The van der Waals surface area contributed by atoms with Crippen molar-refractivity contribution >= 4 is 17.9 Å². The average molecular weight is 992 g/mol. The minimum absolute atomic E-state index is 0.106. The topological polar surface area (TPSA) is 78.9 Å². The summed E-state index contributed by atoms with van der Waals surface area (Å²) >= 11 is 0. The monoisotopic (exact) mass is 991 g/mol. The van der Waals surface area contributed by atoms with Gasteiger partial charge < -0.3 is 14.2 Å². The van der Waals surface area contributed by atoms with Crippen molar-refractivity contribution in [3.63, 3.8) is 0 Å². The van der Waals surface area contributed by atoms with E-state index >= 15 is 0 Å². The van der Waals surface area contributed by atoms with Crippen LogP contribution in [0.3, 0.4) is 0 Å². The van der Waals surface area contributed by atoms with E-state index in [0.29, 0.717) is 19.3 Å². The Bertz CT molecular complexity index is 1320. The molecule has 0 aromatic heterocycles. The molecule has 0 aromatic rings. The first-order valence-corrected chi connectivity index (χ1v) is 30.4. The van der Waals surface area contributed by atoms with Gasteiger partial charge in [-0.1, -0.05) is 286 Å². The fraction of sp³-hybridized carbons (Fsp3) is 0.769. The normalized spacial score (nSPS) is 12.5. The van der Waals surface area contributed by atoms with Crippen molar-refractivity contribution in [2.45, 2.75) is 309 Å². The van der Waals surface area contributed by atoms with E-state index in [4.69, 9.17) is 14.2 Å². The third kappa shape index (κ3) is 57.6. The number of hydrogen-bond acceptors (Lipinski definition) is 6. The predicted octanol–water partition coefficient (Wildman–Crippen LogP) is 20.5. The molecule has 6 heteroatoms. The first kappa shape index (κ1) is 67.8. The maximum Gasteiger partial charge on any atom is 0.306 e. The summed E-state index contributed by atoms with van der Waals surface area (Å²) in [7, 11) is 0. The molecule has 0 fully saturated rings. The molecule has 0 aliphatic rings. The van der Waals surface area contributed by atoms with Gasteiger partial charge in [0.1, 0.15) is 13.2 Å². The maximum atomic E-state index is 12.8. The van der Waals surface area contributed by atoms with Crippen LogP contribution in [0.25, 0.3) is 0 Å². The summed E-state index contributed by atoms with van der Waals surface area (Å²) < 4.78 is 16.8. The molecule has 0 aliphatic carbocycles. The molecule has 410 valence electrons. The Labute approximate surface area is 440 Å². The minimum Gasteiger partial charge on any atom is -0.462 e. The van der Waals surface area contributed by atoms with Crippen LogP contribution in [-0.4, -0.2) is 37.2 Å². The molecule has 6 nitrogen and oxygen atoms in total. The molecule has 0 heterocycles. The Hall–Kier alpha value is -3.15. The summed E-state index contributed by atoms with van der Waals surface area (Å²) in [6.45, 7) is 6.41. The molecule has 0 N–H and O–H groups in total. The van der Waals surface area contributed by atoms with Crippen molar-refractivity contribution in [2.24, 2.45) is 0 Å². The van der Waals surface area contributed by atoms with Crippen LogP contribution in [0.2, 0.25) is 0 Å². The van der Waals surface area contributed by atoms with Gasteiger partial charge in [-0.15, -0.1) is 0 Å². The smallest absolute Gasteiger partial charge is 0.306 e. The molecule has 0 amide bonds. The lowest BCUT2D eigenvalue weighted by atomic mass is 10.0. The summed E-state index contributed by atoms with van der Waals surface area (Å²) in [5.41, 5.74) is 0. The fourth-order valence-corrected chi connectivity index (χ4v) is 8.67. The SMILES string of the molecule is CC/C=C\C/C=C\C/C=C\C/C=C\CCC(=O)OC(COC(=O)CCCCCCC/C=C\C/C=C\CCC)COC(=O)CCCCCCCCCCCCCCCCCCCCCCCCCCCCC. The van der Waals surface area contributed by atoms with E-state index in [2.05, 4.69) is 81.5 Å². The van der Waals surface area contributed by atoms with E-state index in [9.17, 15) is 14.4 Å². The van der Waals surface area contributed by atoms with Gasteiger partial charge in [0, 0.05) is 19.3 Å². The van der Waals surface area contributed by atoms with Gasteiger partial charge in [0.25, 0.3) is 0 Å². The second-order valence-electron chi connectivity index (χ2n) is 20.2. The van der Waals surface area contributed by atoms with Crippen molar-refractivity contribution in [3.8, 4) is 0 Å². The minimum atomic E-state index is -0.818. The standard InChI is InChI=1S/C65H114O6/c1-4-7-10-13-16-19-22-25-26-27-28-29-30-31-32-33-34-35-36-37-38-41-43-46-49-52-55-58-64(67)70-61-62(71-65(68)59-56-53-50-47-44-40-24-21-18-15-12-9-6-3)60-69-63(66)57-54-51-48-45-42-39-23-20-17-14-11-8-5-2/h9,11-12,14,18,20-21,23,40,44,50,53,62H,4-8,10,13,15-17,19,22,24-39,41-43,45-49,51-52,54-61H2,1-3H3/b12-9-,14-11-,21-18-,23-20-,44-40-,53-50-. The summed E-state index contributed by atoms with van der Waals surface area (Å²) in [5.74, 6) is -0.994. The largest absolute Gasteiger partial charge is 0.462 e. The molecule has 0 bridgehead atoms. The van der Waals surface area contributed by atoms with Gasteiger partial charge in [0.05, 0.1) is 0 Å². The van der Waals surface area contributed by atoms with Crippen LogP contribution in [-0.2, 0) is 28.6 Å². The third-order valence-corrected chi connectivity index (χ3v) is 13.2. The van der Waals surface area contributed by atoms with Crippen LogP contribution in [0.1, 0.15) is 303 Å². The van der Waals surface area contributed by atoms with Crippen molar-refractivity contribution in [1.82, 2.24) is 0 Å². The Morgan fingerprint density at radius 1 is 0.296 bits per heavy atom. The second kappa shape index (κ2) is 59.4. The molecular weight excluding hydrogens is 877 g/mol. The number of unbranched alkanes of at least 4 members (excludes halogenated alkanes) is 32. The number of esters is 3. The summed E-state index contributed by atoms with van der Waals surface area (Å²) in [4.78, 5) is 38.1. The quantitative estimate of drug-likeness (QED) is 0.0261. The van der Waals surface area contributed by atoms with Crippen molar-refractivity contribution in [2.75, 3.05) is 13.2 Å². The molecule has 0 radical (unpaired) electrons. The van der Waals surface area contributed by atoms with Crippen LogP contribution in [0, 0.1) is 0 Å². The summed E-state index contributed by atoms with van der Waals surface area (Å²) in [5, 5.41) is 0. The van der Waals surface area contributed by atoms with Gasteiger partial charge in [0.2, 0.25) is 0 Å². The highest BCUT2D eigenvalue weighted by Crippen LogP contribution is 2.17. The number of ether oxygens (including phenoxy) is 3. The number of carbonyl (C=O) groups is 3. The van der Waals surface area contributed by atoms with Crippen molar-refractivity contribution in [3.05, 3.63) is 72.9 Å². The molecular formula is C65H114O6.